The Morgan fingerprint density at radius 3 is 3.21 bits per heavy atom. The minimum absolute atomic E-state index is 0.122. The Morgan fingerprint density at radius 1 is 1.36 bits per heavy atom. The van der Waals surface area contributed by atoms with E-state index in [-0.39, 0.29) is 5.41 Å². The van der Waals surface area contributed by atoms with Gasteiger partial charge in [0.2, 0.25) is 0 Å². The molecule has 1 fully saturated rings. The van der Waals surface area contributed by atoms with Gasteiger partial charge in [-0.3, -0.25) is 4.99 Å². The highest BCUT2D eigenvalue weighted by Crippen LogP contribution is 2.45. The molecular formula is C11H13N3. The first-order valence-corrected chi connectivity index (χ1v) is 5.19. The Labute approximate surface area is 83.3 Å². The van der Waals surface area contributed by atoms with E-state index in [0.29, 0.717) is 0 Å². The molecule has 14 heavy (non-hydrogen) atoms. The summed E-state index contributed by atoms with van der Waals surface area (Å²) in [4.78, 5) is 13.1. The number of nitrogens with zero attached hydrogens (tertiary/aromatic N) is 3. The summed E-state index contributed by atoms with van der Waals surface area (Å²) >= 11 is 0. The van der Waals surface area contributed by atoms with Gasteiger partial charge in [-0.15, -0.1) is 0 Å². The van der Waals surface area contributed by atoms with Crippen LogP contribution in [-0.4, -0.2) is 15.7 Å². The highest BCUT2D eigenvalue weighted by molar-refractivity contribution is 6.01. The van der Waals surface area contributed by atoms with E-state index in [9.17, 15) is 0 Å². The lowest BCUT2D eigenvalue weighted by atomic mass is 9.73. The maximum absolute atomic E-state index is 4.64. The maximum Gasteiger partial charge on any atom is 0.115 e. The fourth-order valence-electron chi connectivity index (χ4n) is 2.60. The van der Waals surface area contributed by atoms with Gasteiger partial charge in [-0.05, 0) is 26.2 Å². The molecule has 1 aliphatic carbocycles. The predicted molar refractivity (Wildman–Crippen MR) is 54.9 cm³/mol. The quantitative estimate of drug-likeness (QED) is 0.625. The molecule has 0 aromatic carbocycles. The molecule has 72 valence electrons. The van der Waals surface area contributed by atoms with Crippen molar-refractivity contribution in [3.63, 3.8) is 0 Å². The van der Waals surface area contributed by atoms with E-state index in [1.807, 2.05) is 6.20 Å². The molecule has 1 aromatic rings. The van der Waals surface area contributed by atoms with Crippen LogP contribution in [0.1, 0.15) is 38.3 Å². The summed E-state index contributed by atoms with van der Waals surface area (Å²) in [6.45, 7) is 2.27. The number of hydrogen-bond acceptors (Lipinski definition) is 3. The van der Waals surface area contributed by atoms with E-state index in [2.05, 4.69) is 21.9 Å². The van der Waals surface area contributed by atoms with Gasteiger partial charge < -0.3 is 0 Å². The summed E-state index contributed by atoms with van der Waals surface area (Å²) in [5.41, 5.74) is 3.57. The molecule has 1 unspecified atom stereocenters. The van der Waals surface area contributed by atoms with Gasteiger partial charge in [0.15, 0.2) is 0 Å². The summed E-state index contributed by atoms with van der Waals surface area (Å²) in [7, 11) is 0. The molecule has 0 spiro atoms. The maximum atomic E-state index is 4.64. The van der Waals surface area contributed by atoms with Crippen LogP contribution in [-0.2, 0) is 5.41 Å². The average molecular weight is 187 g/mol. The molecule has 2 heterocycles. The minimum atomic E-state index is 0.122. The van der Waals surface area contributed by atoms with Crippen LogP contribution >= 0.6 is 0 Å². The second-order valence-electron chi connectivity index (χ2n) is 4.35. The second-order valence-corrected chi connectivity index (χ2v) is 4.35. The van der Waals surface area contributed by atoms with Gasteiger partial charge >= 0.3 is 0 Å². The standard InChI is InChI=1S/C11H13N3/c1-11-5-3-2-4-9(11)14-8-6-12-7-13-10(8)11/h6-7H,2-5H2,1H3. The Balaban J connectivity index is 2.18. The van der Waals surface area contributed by atoms with Crippen molar-refractivity contribution in [1.82, 2.24) is 9.97 Å². The molecule has 1 aromatic heterocycles. The third-order valence-corrected chi connectivity index (χ3v) is 3.45. The van der Waals surface area contributed by atoms with Gasteiger partial charge in [0.1, 0.15) is 12.0 Å². The van der Waals surface area contributed by atoms with E-state index in [4.69, 9.17) is 0 Å². The lowest BCUT2D eigenvalue weighted by Gasteiger charge is -2.30. The molecule has 0 N–H and O–H groups in total. The largest absolute Gasteiger partial charge is 0.253 e. The molecule has 1 aliphatic heterocycles. The number of hydrogen-bond donors (Lipinski definition) is 0. The first-order valence-electron chi connectivity index (χ1n) is 5.19. The fraction of sp³-hybridized carbons (Fsp3) is 0.545. The number of aliphatic imine (C=N–C) groups is 1. The SMILES string of the molecule is CC12CCCCC1=Nc1cncnc12. The topological polar surface area (TPSA) is 38.1 Å². The first kappa shape index (κ1) is 8.09. The lowest BCUT2D eigenvalue weighted by molar-refractivity contribution is 0.488. The van der Waals surface area contributed by atoms with Crippen molar-refractivity contribution >= 4 is 11.4 Å². The second kappa shape index (κ2) is 2.62. The molecule has 1 saturated carbocycles. The molecule has 1 atom stereocenters. The van der Waals surface area contributed by atoms with Crippen molar-refractivity contribution in [3.05, 3.63) is 18.2 Å². The Bertz CT molecular complexity index is 411. The number of rotatable bonds is 0. The zero-order valence-electron chi connectivity index (χ0n) is 8.32. The number of fused-ring (bicyclic) bond motifs is 3. The van der Waals surface area contributed by atoms with Crippen molar-refractivity contribution < 1.29 is 0 Å². The van der Waals surface area contributed by atoms with E-state index in [1.54, 1.807) is 6.33 Å². The van der Waals surface area contributed by atoms with Crippen LogP contribution in [0.25, 0.3) is 0 Å². The third kappa shape index (κ3) is 0.897. The molecule has 0 radical (unpaired) electrons. The minimum Gasteiger partial charge on any atom is -0.253 e. The molecule has 3 rings (SSSR count). The lowest BCUT2D eigenvalue weighted by Crippen LogP contribution is -2.33. The zero-order chi connectivity index (χ0) is 9.60. The van der Waals surface area contributed by atoms with Gasteiger partial charge in [0, 0.05) is 5.71 Å². The average Bonchev–Trinajstić information content (AvgIpc) is 2.51. The molecule has 3 nitrogen and oxygen atoms in total. The third-order valence-electron chi connectivity index (χ3n) is 3.45. The molecule has 0 bridgehead atoms. The molecule has 0 amide bonds. The van der Waals surface area contributed by atoms with Crippen LogP contribution in [0.3, 0.4) is 0 Å². The molecular weight excluding hydrogens is 174 g/mol. The Morgan fingerprint density at radius 2 is 2.29 bits per heavy atom. The van der Waals surface area contributed by atoms with Crippen molar-refractivity contribution in [2.75, 3.05) is 0 Å². The van der Waals surface area contributed by atoms with Crippen molar-refractivity contribution in [1.29, 1.82) is 0 Å². The van der Waals surface area contributed by atoms with E-state index >= 15 is 0 Å². The van der Waals surface area contributed by atoms with Gasteiger partial charge in [-0.25, -0.2) is 9.97 Å². The molecule has 2 aliphatic rings. The predicted octanol–water partition coefficient (Wildman–Crippen LogP) is 2.39. The Hall–Kier alpha value is -1.25. The first-order chi connectivity index (χ1) is 6.81. The van der Waals surface area contributed by atoms with Gasteiger partial charge in [-0.2, -0.15) is 0 Å². The van der Waals surface area contributed by atoms with Crippen LogP contribution in [0.2, 0.25) is 0 Å². The van der Waals surface area contributed by atoms with Crippen LogP contribution in [0.4, 0.5) is 5.69 Å². The van der Waals surface area contributed by atoms with Crippen molar-refractivity contribution in [2.24, 2.45) is 4.99 Å². The van der Waals surface area contributed by atoms with Crippen LogP contribution in [0.15, 0.2) is 17.5 Å². The highest BCUT2D eigenvalue weighted by atomic mass is 15.0. The van der Waals surface area contributed by atoms with Gasteiger partial charge in [0.05, 0.1) is 17.3 Å². The summed E-state index contributed by atoms with van der Waals surface area (Å²) in [6.07, 6.45) is 8.35. The number of aromatic nitrogens is 2. The summed E-state index contributed by atoms with van der Waals surface area (Å²) in [5, 5.41) is 0. The van der Waals surface area contributed by atoms with E-state index < -0.39 is 0 Å². The van der Waals surface area contributed by atoms with Crippen molar-refractivity contribution in [2.45, 2.75) is 38.0 Å². The summed E-state index contributed by atoms with van der Waals surface area (Å²) in [5.74, 6) is 0. The van der Waals surface area contributed by atoms with Crippen LogP contribution in [0.5, 0.6) is 0 Å². The monoisotopic (exact) mass is 187 g/mol. The van der Waals surface area contributed by atoms with Gasteiger partial charge in [-0.1, -0.05) is 6.42 Å². The van der Waals surface area contributed by atoms with Crippen LogP contribution in [0, 0.1) is 0 Å². The fourth-order valence-corrected chi connectivity index (χ4v) is 2.60. The van der Waals surface area contributed by atoms with Crippen molar-refractivity contribution in [3.8, 4) is 0 Å². The molecule has 3 heteroatoms. The normalized spacial score (nSPS) is 29.4. The molecule has 0 saturated heterocycles. The van der Waals surface area contributed by atoms with Crippen LogP contribution < -0.4 is 0 Å². The zero-order valence-corrected chi connectivity index (χ0v) is 8.32. The highest BCUT2D eigenvalue weighted by Gasteiger charge is 2.41. The summed E-state index contributed by atoms with van der Waals surface area (Å²) in [6, 6.07) is 0. The van der Waals surface area contributed by atoms with Gasteiger partial charge in [0.25, 0.3) is 0 Å². The summed E-state index contributed by atoms with van der Waals surface area (Å²) < 4.78 is 0. The van der Waals surface area contributed by atoms with E-state index in [0.717, 1.165) is 17.8 Å². The Kier molecular flexibility index (Phi) is 1.52. The van der Waals surface area contributed by atoms with E-state index in [1.165, 1.54) is 25.0 Å². The smallest absolute Gasteiger partial charge is 0.115 e.